The number of rotatable bonds is 9. The third-order valence-electron chi connectivity index (χ3n) is 8.45. The van der Waals surface area contributed by atoms with Gasteiger partial charge in [-0.1, -0.05) is 55.3 Å². The van der Waals surface area contributed by atoms with E-state index in [1.807, 2.05) is 73.6 Å². The quantitative estimate of drug-likeness (QED) is 0.286. The second-order valence-electron chi connectivity index (χ2n) is 11.6. The number of hydrogen-bond acceptors (Lipinski definition) is 4. The van der Waals surface area contributed by atoms with Gasteiger partial charge in [0.25, 0.3) is 0 Å². The molecular formula is C33H36F3N5O2S. The fourth-order valence-electron chi connectivity index (χ4n) is 5.98. The number of amides is 2. The second kappa shape index (κ2) is 12.9. The Morgan fingerprint density at radius 2 is 1.61 bits per heavy atom. The molecule has 11 heteroatoms. The van der Waals surface area contributed by atoms with Crippen LogP contribution in [0.1, 0.15) is 48.4 Å². The molecule has 2 N–H and O–H groups in total. The molecule has 2 fully saturated rings. The lowest BCUT2D eigenvalue weighted by molar-refractivity contribution is -0.146. The molecule has 0 bridgehead atoms. The van der Waals surface area contributed by atoms with Gasteiger partial charge >= 0.3 is 6.18 Å². The van der Waals surface area contributed by atoms with Crippen LogP contribution in [0.15, 0.2) is 78.9 Å². The molecule has 1 saturated heterocycles. The van der Waals surface area contributed by atoms with Crippen LogP contribution in [0, 0.1) is 0 Å². The van der Waals surface area contributed by atoms with Crippen molar-refractivity contribution in [2.45, 2.75) is 50.0 Å². The highest BCUT2D eigenvalue weighted by molar-refractivity contribution is 7.80. The first-order valence-electron chi connectivity index (χ1n) is 14.6. The lowest BCUT2D eigenvalue weighted by atomic mass is 9.92. The highest BCUT2D eigenvalue weighted by Gasteiger charge is 2.49. The lowest BCUT2D eigenvalue weighted by Crippen LogP contribution is -2.59. The van der Waals surface area contributed by atoms with Gasteiger partial charge in [-0.25, -0.2) is 0 Å². The molecule has 1 saturated carbocycles. The van der Waals surface area contributed by atoms with E-state index >= 15 is 0 Å². The molecule has 232 valence electrons. The molecule has 3 aromatic carbocycles. The van der Waals surface area contributed by atoms with Gasteiger partial charge in [0.2, 0.25) is 11.8 Å². The van der Waals surface area contributed by atoms with E-state index in [0.29, 0.717) is 35.7 Å². The number of carbonyl (C=O) groups is 2. The summed E-state index contributed by atoms with van der Waals surface area (Å²) >= 11 is 5.59. The molecule has 0 radical (unpaired) electrons. The largest absolute Gasteiger partial charge is 0.416 e. The van der Waals surface area contributed by atoms with Crippen LogP contribution >= 0.6 is 12.2 Å². The van der Waals surface area contributed by atoms with Crippen molar-refractivity contribution in [1.29, 1.82) is 0 Å². The van der Waals surface area contributed by atoms with Crippen LogP contribution in [0.3, 0.4) is 0 Å². The van der Waals surface area contributed by atoms with Gasteiger partial charge in [0.1, 0.15) is 5.54 Å². The highest BCUT2D eigenvalue weighted by Crippen LogP contribution is 2.39. The van der Waals surface area contributed by atoms with E-state index in [4.69, 9.17) is 12.2 Å². The maximum Gasteiger partial charge on any atom is 0.416 e. The van der Waals surface area contributed by atoms with E-state index in [0.717, 1.165) is 36.2 Å². The van der Waals surface area contributed by atoms with E-state index in [2.05, 4.69) is 10.6 Å². The van der Waals surface area contributed by atoms with Crippen molar-refractivity contribution in [3.63, 3.8) is 0 Å². The van der Waals surface area contributed by atoms with Gasteiger partial charge in [0.05, 0.1) is 18.2 Å². The Kier molecular flexibility index (Phi) is 9.15. The minimum atomic E-state index is -4.48. The van der Waals surface area contributed by atoms with E-state index in [9.17, 15) is 22.8 Å². The first kappa shape index (κ1) is 31.3. The van der Waals surface area contributed by atoms with Crippen molar-refractivity contribution < 1.29 is 22.8 Å². The predicted molar refractivity (Wildman–Crippen MR) is 169 cm³/mol. The Morgan fingerprint density at radius 3 is 2.20 bits per heavy atom. The molecule has 2 aliphatic rings. The molecule has 1 aliphatic heterocycles. The van der Waals surface area contributed by atoms with Crippen molar-refractivity contribution in [3.8, 4) is 0 Å². The maximum absolute atomic E-state index is 14.2. The number of benzene rings is 3. The summed E-state index contributed by atoms with van der Waals surface area (Å²) in [5.74, 6) is -0.625. The number of hydrogen-bond donors (Lipinski definition) is 2. The van der Waals surface area contributed by atoms with Gasteiger partial charge in [-0.05, 0) is 72.6 Å². The van der Waals surface area contributed by atoms with Crippen molar-refractivity contribution in [2.75, 3.05) is 37.4 Å². The smallest absolute Gasteiger partial charge is 0.378 e. The molecule has 1 atom stereocenters. The first-order chi connectivity index (χ1) is 21.0. The van der Waals surface area contributed by atoms with Crippen LogP contribution in [-0.4, -0.2) is 59.5 Å². The van der Waals surface area contributed by atoms with E-state index in [1.54, 1.807) is 9.80 Å². The van der Waals surface area contributed by atoms with E-state index in [-0.39, 0.29) is 30.9 Å². The van der Waals surface area contributed by atoms with Gasteiger partial charge in [-0.3, -0.25) is 9.59 Å². The number of nitrogens with one attached hydrogen (secondary N) is 2. The number of carbonyl (C=O) groups excluding carboxylic acids is 2. The zero-order valence-electron chi connectivity index (χ0n) is 24.7. The summed E-state index contributed by atoms with van der Waals surface area (Å²) < 4.78 is 39.8. The van der Waals surface area contributed by atoms with Gasteiger partial charge < -0.3 is 25.3 Å². The molecular weight excluding hydrogens is 587 g/mol. The summed E-state index contributed by atoms with van der Waals surface area (Å²) in [6.45, 7) is 0.391. The van der Waals surface area contributed by atoms with Gasteiger partial charge in [0.15, 0.2) is 5.11 Å². The first-order valence-corrected chi connectivity index (χ1v) is 15.0. The number of anilines is 2. The van der Waals surface area contributed by atoms with Crippen molar-refractivity contribution in [3.05, 3.63) is 95.6 Å². The van der Waals surface area contributed by atoms with E-state index < -0.39 is 17.3 Å². The molecule has 0 aromatic heterocycles. The molecule has 1 unspecified atom stereocenters. The summed E-state index contributed by atoms with van der Waals surface area (Å²) in [5.41, 5.74) is 1.18. The normalized spacial score (nSPS) is 17.7. The van der Waals surface area contributed by atoms with Crippen LogP contribution in [0.25, 0.3) is 0 Å². The molecule has 0 spiro atoms. The Labute approximate surface area is 261 Å². The van der Waals surface area contributed by atoms with Crippen molar-refractivity contribution in [2.24, 2.45) is 0 Å². The number of nitrogens with zero attached hydrogens (tertiary/aromatic N) is 3. The fraction of sp³-hybridized carbons (Fsp3) is 0.364. The average Bonchev–Trinajstić information content (AvgIpc) is 3.64. The summed E-state index contributed by atoms with van der Waals surface area (Å²) in [6, 6.07) is 21.9. The topological polar surface area (TPSA) is 67.9 Å². The Morgan fingerprint density at radius 1 is 0.977 bits per heavy atom. The van der Waals surface area contributed by atoms with Gasteiger partial charge in [0, 0.05) is 38.6 Å². The summed E-state index contributed by atoms with van der Waals surface area (Å²) in [6.07, 6.45) is -2.11. The lowest BCUT2D eigenvalue weighted by Gasteiger charge is -2.41. The molecule has 5 rings (SSSR count). The minimum Gasteiger partial charge on any atom is -0.378 e. The number of halogens is 3. The molecule has 44 heavy (non-hydrogen) atoms. The molecule has 7 nitrogen and oxygen atoms in total. The average molecular weight is 624 g/mol. The van der Waals surface area contributed by atoms with Crippen molar-refractivity contribution >= 4 is 40.5 Å². The molecule has 1 heterocycles. The van der Waals surface area contributed by atoms with E-state index in [1.165, 1.54) is 12.1 Å². The standard InChI is InChI=1S/C33H36F3N5O2S/c1-39(2)27-16-14-26(15-17-27)37-30(43)32(18-6-7-19-32)41(20-23-10-12-25(13-11-23)33(34,35)36)29(42)22-40-21-28(38-31(40)44)24-8-4-3-5-9-24/h3-5,8-17,28H,6-7,18-22H2,1-2H3,(H,37,43)(H,38,44). The molecule has 2 amide bonds. The van der Waals surface area contributed by atoms with Crippen LogP contribution in [-0.2, 0) is 22.3 Å². The number of thiocarbonyl (C=S) groups is 1. The summed E-state index contributed by atoms with van der Waals surface area (Å²) in [5, 5.41) is 6.74. The SMILES string of the molecule is CN(C)c1ccc(NC(=O)C2(N(Cc3ccc(C(F)(F)F)cc3)C(=O)CN3CC(c4ccccc4)NC3=S)CCCC2)cc1. The van der Waals surface area contributed by atoms with Crippen LogP contribution in [0.2, 0.25) is 0 Å². The van der Waals surface area contributed by atoms with Crippen molar-refractivity contribution in [1.82, 2.24) is 15.1 Å². The Balaban J connectivity index is 1.42. The number of alkyl halides is 3. The molecule has 1 aliphatic carbocycles. The zero-order chi connectivity index (χ0) is 31.5. The second-order valence-corrected chi connectivity index (χ2v) is 12.0. The predicted octanol–water partition coefficient (Wildman–Crippen LogP) is 5.98. The van der Waals surface area contributed by atoms with Gasteiger partial charge in [-0.15, -0.1) is 0 Å². The zero-order valence-corrected chi connectivity index (χ0v) is 25.5. The Hall–Kier alpha value is -4.12. The van der Waals surface area contributed by atoms with Crippen LogP contribution in [0.4, 0.5) is 24.5 Å². The van der Waals surface area contributed by atoms with Crippen LogP contribution in [0.5, 0.6) is 0 Å². The highest BCUT2D eigenvalue weighted by atomic mass is 32.1. The summed E-state index contributed by atoms with van der Waals surface area (Å²) in [7, 11) is 3.85. The Bertz CT molecular complexity index is 1470. The van der Waals surface area contributed by atoms with Gasteiger partial charge in [-0.2, -0.15) is 13.2 Å². The van der Waals surface area contributed by atoms with Crippen LogP contribution < -0.4 is 15.5 Å². The monoisotopic (exact) mass is 623 g/mol. The molecule has 3 aromatic rings. The maximum atomic E-state index is 14.2. The summed E-state index contributed by atoms with van der Waals surface area (Å²) in [4.78, 5) is 33.6. The minimum absolute atomic E-state index is 0.0138. The third-order valence-corrected chi connectivity index (χ3v) is 8.83. The fourth-order valence-corrected chi connectivity index (χ4v) is 6.26. The third kappa shape index (κ3) is 6.83.